The SMILES string of the molecule is COCc1nc(C(=O)Nc2ccc(NC(=O)CN3CCOCC3)cc2)cs1. The van der Waals surface area contributed by atoms with Crippen LogP contribution in [0.2, 0.25) is 0 Å². The van der Waals surface area contributed by atoms with Crippen LogP contribution in [0.3, 0.4) is 0 Å². The van der Waals surface area contributed by atoms with Crippen LogP contribution in [0, 0.1) is 0 Å². The van der Waals surface area contributed by atoms with Crippen LogP contribution >= 0.6 is 11.3 Å². The zero-order chi connectivity index (χ0) is 19.1. The van der Waals surface area contributed by atoms with Crippen molar-refractivity contribution >= 4 is 34.5 Å². The maximum Gasteiger partial charge on any atom is 0.275 e. The molecule has 1 aliphatic rings. The Labute approximate surface area is 161 Å². The first-order valence-electron chi connectivity index (χ1n) is 8.59. The summed E-state index contributed by atoms with van der Waals surface area (Å²) >= 11 is 1.38. The molecule has 2 amide bonds. The summed E-state index contributed by atoms with van der Waals surface area (Å²) in [5.74, 6) is -0.348. The Morgan fingerprint density at radius 1 is 1.19 bits per heavy atom. The average molecular weight is 390 g/mol. The lowest BCUT2D eigenvalue weighted by Crippen LogP contribution is -2.41. The van der Waals surface area contributed by atoms with E-state index in [0.29, 0.717) is 43.4 Å². The normalized spacial score (nSPS) is 14.7. The van der Waals surface area contributed by atoms with Crippen LogP contribution in [-0.4, -0.2) is 61.7 Å². The number of rotatable bonds is 7. The summed E-state index contributed by atoms with van der Waals surface area (Å²) in [6.45, 7) is 3.58. The Morgan fingerprint density at radius 3 is 2.52 bits per heavy atom. The van der Waals surface area contributed by atoms with E-state index in [1.54, 1.807) is 36.8 Å². The molecule has 0 bridgehead atoms. The third-order valence-corrected chi connectivity index (χ3v) is 4.77. The van der Waals surface area contributed by atoms with Gasteiger partial charge < -0.3 is 20.1 Å². The number of nitrogens with one attached hydrogen (secondary N) is 2. The van der Waals surface area contributed by atoms with Crippen molar-refractivity contribution in [1.29, 1.82) is 0 Å². The summed E-state index contributed by atoms with van der Waals surface area (Å²) in [5.41, 5.74) is 1.67. The van der Waals surface area contributed by atoms with E-state index in [1.807, 2.05) is 0 Å². The molecule has 0 spiro atoms. The van der Waals surface area contributed by atoms with Gasteiger partial charge in [0.2, 0.25) is 5.91 Å². The number of aromatic nitrogens is 1. The van der Waals surface area contributed by atoms with Crippen molar-refractivity contribution in [2.24, 2.45) is 0 Å². The number of carbonyl (C=O) groups is 2. The smallest absolute Gasteiger partial charge is 0.275 e. The van der Waals surface area contributed by atoms with Crippen LogP contribution in [0.25, 0.3) is 0 Å². The van der Waals surface area contributed by atoms with Gasteiger partial charge in [-0.1, -0.05) is 0 Å². The van der Waals surface area contributed by atoms with Gasteiger partial charge in [0, 0.05) is 37.0 Å². The molecule has 1 aromatic carbocycles. The standard InChI is InChI=1S/C18H22N4O4S/c1-25-11-17-21-15(12-27-17)18(24)20-14-4-2-13(3-5-14)19-16(23)10-22-6-8-26-9-7-22/h2-5,12H,6-11H2,1H3,(H,19,23)(H,20,24). The second-order valence-corrected chi connectivity index (χ2v) is 6.97. The highest BCUT2D eigenvalue weighted by Gasteiger charge is 2.14. The first-order valence-corrected chi connectivity index (χ1v) is 9.47. The molecule has 1 aliphatic heterocycles. The minimum absolute atomic E-state index is 0.0677. The number of nitrogens with zero attached hydrogens (tertiary/aromatic N) is 2. The van der Waals surface area contributed by atoms with Gasteiger partial charge in [0.25, 0.3) is 5.91 Å². The molecule has 1 saturated heterocycles. The summed E-state index contributed by atoms with van der Waals surface area (Å²) in [7, 11) is 1.59. The lowest BCUT2D eigenvalue weighted by Gasteiger charge is -2.25. The van der Waals surface area contributed by atoms with Crippen molar-refractivity contribution in [2.45, 2.75) is 6.61 Å². The molecule has 9 heteroatoms. The van der Waals surface area contributed by atoms with Crippen molar-refractivity contribution in [2.75, 3.05) is 50.6 Å². The van der Waals surface area contributed by atoms with Gasteiger partial charge >= 0.3 is 0 Å². The minimum atomic E-state index is -0.280. The average Bonchev–Trinajstić information content (AvgIpc) is 3.13. The Kier molecular flexibility index (Phi) is 6.88. The molecule has 0 unspecified atom stereocenters. The van der Waals surface area contributed by atoms with Gasteiger partial charge in [-0.3, -0.25) is 14.5 Å². The van der Waals surface area contributed by atoms with E-state index in [-0.39, 0.29) is 11.8 Å². The van der Waals surface area contributed by atoms with Gasteiger partial charge in [0.1, 0.15) is 10.7 Å². The Bertz CT molecular complexity index is 772. The third kappa shape index (κ3) is 5.83. The summed E-state index contributed by atoms with van der Waals surface area (Å²) < 4.78 is 10.3. The maximum atomic E-state index is 12.2. The molecule has 2 aromatic rings. The number of methoxy groups -OCH3 is 1. The zero-order valence-electron chi connectivity index (χ0n) is 15.1. The van der Waals surface area contributed by atoms with E-state index >= 15 is 0 Å². The monoisotopic (exact) mass is 390 g/mol. The van der Waals surface area contributed by atoms with E-state index in [4.69, 9.17) is 9.47 Å². The summed E-state index contributed by atoms with van der Waals surface area (Å²) in [6.07, 6.45) is 0. The number of amides is 2. The van der Waals surface area contributed by atoms with Gasteiger partial charge in [-0.05, 0) is 24.3 Å². The molecule has 8 nitrogen and oxygen atoms in total. The topological polar surface area (TPSA) is 92.8 Å². The van der Waals surface area contributed by atoms with Crippen molar-refractivity contribution in [3.8, 4) is 0 Å². The van der Waals surface area contributed by atoms with Crippen LogP contribution in [-0.2, 0) is 20.9 Å². The maximum absolute atomic E-state index is 12.2. The zero-order valence-corrected chi connectivity index (χ0v) is 15.9. The number of carbonyl (C=O) groups excluding carboxylic acids is 2. The lowest BCUT2D eigenvalue weighted by molar-refractivity contribution is -0.118. The van der Waals surface area contributed by atoms with E-state index in [0.717, 1.165) is 18.1 Å². The van der Waals surface area contributed by atoms with Gasteiger partial charge in [-0.25, -0.2) is 4.98 Å². The quantitative estimate of drug-likeness (QED) is 0.749. The van der Waals surface area contributed by atoms with Gasteiger partial charge in [0.05, 0.1) is 26.4 Å². The number of hydrogen-bond acceptors (Lipinski definition) is 7. The molecule has 1 aromatic heterocycles. The predicted octanol–water partition coefficient (Wildman–Crippen LogP) is 1.81. The molecule has 0 radical (unpaired) electrons. The molecule has 2 heterocycles. The van der Waals surface area contributed by atoms with E-state index in [2.05, 4.69) is 20.5 Å². The van der Waals surface area contributed by atoms with Crippen LogP contribution in [0.15, 0.2) is 29.6 Å². The van der Waals surface area contributed by atoms with Gasteiger partial charge in [0.15, 0.2) is 0 Å². The van der Waals surface area contributed by atoms with Crippen molar-refractivity contribution in [3.63, 3.8) is 0 Å². The Morgan fingerprint density at radius 2 is 1.85 bits per heavy atom. The molecule has 0 atom stereocenters. The fraction of sp³-hybridized carbons (Fsp3) is 0.389. The number of ether oxygens (including phenoxy) is 2. The first-order chi connectivity index (χ1) is 13.1. The fourth-order valence-electron chi connectivity index (χ4n) is 2.60. The van der Waals surface area contributed by atoms with Crippen molar-refractivity contribution in [1.82, 2.24) is 9.88 Å². The molecule has 27 heavy (non-hydrogen) atoms. The number of anilines is 2. The molecule has 3 rings (SSSR count). The van der Waals surface area contributed by atoms with Crippen molar-refractivity contribution < 1.29 is 19.1 Å². The number of morpholine rings is 1. The number of benzene rings is 1. The first kappa shape index (κ1) is 19.4. The second kappa shape index (κ2) is 9.56. The van der Waals surface area contributed by atoms with E-state index in [1.165, 1.54) is 11.3 Å². The largest absolute Gasteiger partial charge is 0.379 e. The van der Waals surface area contributed by atoms with E-state index in [9.17, 15) is 9.59 Å². The molecular formula is C18H22N4O4S. The molecular weight excluding hydrogens is 368 g/mol. The van der Waals surface area contributed by atoms with Crippen LogP contribution in [0.5, 0.6) is 0 Å². The number of hydrogen-bond donors (Lipinski definition) is 2. The van der Waals surface area contributed by atoms with Gasteiger partial charge in [-0.2, -0.15) is 0 Å². The second-order valence-electron chi connectivity index (χ2n) is 6.03. The molecule has 0 aliphatic carbocycles. The lowest BCUT2D eigenvalue weighted by atomic mass is 10.2. The van der Waals surface area contributed by atoms with Gasteiger partial charge in [-0.15, -0.1) is 11.3 Å². The minimum Gasteiger partial charge on any atom is -0.379 e. The van der Waals surface area contributed by atoms with E-state index < -0.39 is 0 Å². The summed E-state index contributed by atoms with van der Waals surface area (Å²) in [4.78, 5) is 30.6. The highest BCUT2D eigenvalue weighted by Crippen LogP contribution is 2.16. The predicted molar refractivity (Wildman–Crippen MR) is 103 cm³/mol. The molecule has 0 saturated carbocycles. The Hall–Kier alpha value is -2.33. The molecule has 2 N–H and O–H groups in total. The fourth-order valence-corrected chi connectivity index (χ4v) is 3.34. The molecule has 1 fully saturated rings. The van der Waals surface area contributed by atoms with Crippen LogP contribution in [0.4, 0.5) is 11.4 Å². The summed E-state index contributed by atoms with van der Waals surface area (Å²) in [6, 6.07) is 6.99. The highest BCUT2D eigenvalue weighted by atomic mass is 32.1. The summed E-state index contributed by atoms with van der Waals surface area (Å²) in [5, 5.41) is 8.10. The molecule has 144 valence electrons. The number of thiazole rings is 1. The van der Waals surface area contributed by atoms with Crippen molar-refractivity contribution in [3.05, 3.63) is 40.3 Å². The third-order valence-electron chi connectivity index (χ3n) is 3.95. The van der Waals surface area contributed by atoms with Crippen LogP contribution in [0.1, 0.15) is 15.5 Å². The highest BCUT2D eigenvalue weighted by molar-refractivity contribution is 7.09. The van der Waals surface area contributed by atoms with Crippen LogP contribution < -0.4 is 10.6 Å². The Balaban J connectivity index is 1.50.